The van der Waals surface area contributed by atoms with Gasteiger partial charge in [0.25, 0.3) is 0 Å². The lowest BCUT2D eigenvalue weighted by molar-refractivity contribution is 0.150. The molecule has 2 aromatic carbocycles. The SMILES string of the molecule is COc1ccc(NC(=O)N(CCCN2CCCCC2C)Cc2ccc(F)cc2)cc1. The van der Waals surface area contributed by atoms with Gasteiger partial charge >= 0.3 is 6.03 Å². The van der Waals surface area contributed by atoms with Gasteiger partial charge in [0.1, 0.15) is 11.6 Å². The second-order valence-corrected chi connectivity index (χ2v) is 7.94. The van der Waals surface area contributed by atoms with E-state index in [0.29, 0.717) is 19.1 Å². The molecule has 0 saturated carbocycles. The number of benzene rings is 2. The summed E-state index contributed by atoms with van der Waals surface area (Å²) in [5, 5.41) is 2.97. The smallest absolute Gasteiger partial charge is 0.322 e. The molecule has 2 amide bonds. The number of hydrogen-bond acceptors (Lipinski definition) is 3. The van der Waals surface area contributed by atoms with Gasteiger partial charge in [-0.05, 0) is 74.7 Å². The molecule has 5 nitrogen and oxygen atoms in total. The van der Waals surface area contributed by atoms with Crippen molar-refractivity contribution in [3.8, 4) is 5.75 Å². The number of hydrogen-bond donors (Lipinski definition) is 1. The Balaban J connectivity index is 1.62. The minimum absolute atomic E-state index is 0.156. The molecule has 0 spiro atoms. The van der Waals surface area contributed by atoms with Gasteiger partial charge in [-0.25, -0.2) is 9.18 Å². The van der Waals surface area contributed by atoms with Crippen LogP contribution in [0.4, 0.5) is 14.9 Å². The molecule has 0 aliphatic carbocycles. The van der Waals surface area contributed by atoms with Crippen LogP contribution in [0.3, 0.4) is 0 Å². The molecular weight excluding hydrogens is 381 g/mol. The zero-order valence-electron chi connectivity index (χ0n) is 17.9. The highest BCUT2D eigenvalue weighted by Gasteiger charge is 2.19. The third-order valence-corrected chi connectivity index (χ3v) is 5.73. The van der Waals surface area contributed by atoms with Gasteiger partial charge in [0.2, 0.25) is 0 Å². The zero-order valence-corrected chi connectivity index (χ0v) is 17.9. The largest absolute Gasteiger partial charge is 0.497 e. The van der Waals surface area contributed by atoms with Gasteiger partial charge < -0.3 is 19.9 Å². The van der Waals surface area contributed by atoms with Crippen molar-refractivity contribution in [3.05, 3.63) is 59.9 Å². The fourth-order valence-corrected chi connectivity index (χ4v) is 3.89. The summed E-state index contributed by atoms with van der Waals surface area (Å²) >= 11 is 0. The number of halogens is 1. The van der Waals surface area contributed by atoms with Gasteiger partial charge in [0.05, 0.1) is 7.11 Å². The van der Waals surface area contributed by atoms with Crippen molar-refractivity contribution >= 4 is 11.7 Å². The lowest BCUT2D eigenvalue weighted by atomic mass is 10.0. The van der Waals surface area contributed by atoms with Crippen molar-refractivity contribution in [2.45, 2.75) is 45.2 Å². The van der Waals surface area contributed by atoms with Crippen LogP contribution in [0.5, 0.6) is 5.75 Å². The Labute approximate surface area is 178 Å². The predicted octanol–water partition coefficient (Wildman–Crippen LogP) is 5.13. The third kappa shape index (κ3) is 6.46. The maximum atomic E-state index is 13.3. The number of anilines is 1. The molecule has 1 saturated heterocycles. The first-order valence-corrected chi connectivity index (χ1v) is 10.7. The Hall–Kier alpha value is -2.60. The number of amides is 2. The second kappa shape index (κ2) is 11.0. The van der Waals surface area contributed by atoms with E-state index in [2.05, 4.69) is 17.1 Å². The molecule has 0 bridgehead atoms. The van der Waals surface area contributed by atoms with Crippen molar-refractivity contribution in [1.82, 2.24) is 9.80 Å². The Kier molecular flexibility index (Phi) is 8.08. The van der Waals surface area contributed by atoms with Crippen molar-refractivity contribution in [3.63, 3.8) is 0 Å². The first kappa shape index (κ1) is 22.1. The van der Waals surface area contributed by atoms with Gasteiger partial charge in [-0.15, -0.1) is 0 Å². The number of rotatable bonds is 8. The molecule has 6 heteroatoms. The summed E-state index contributed by atoms with van der Waals surface area (Å²) in [6.45, 7) is 5.49. The summed E-state index contributed by atoms with van der Waals surface area (Å²) in [5.74, 6) is 0.471. The van der Waals surface area contributed by atoms with E-state index in [-0.39, 0.29) is 11.8 Å². The van der Waals surface area contributed by atoms with Gasteiger partial charge in [0, 0.05) is 31.4 Å². The second-order valence-electron chi connectivity index (χ2n) is 7.94. The summed E-state index contributed by atoms with van der Waals surface area (Å²) in [7, 11) is 1.61. The molecule has 0 aromatic heterocycles. The van der Waals surface area contributed by atoms with Crippen molar-refractivity contribution in [1.29, 1.82) is 0 Å². The van der Waals surface area contributed by atoms with Crippen LogP contribution in [-0.2, 0) is 6.54 Å². The van der Waals surface area contributed by atoms with E-state index in [1.165, 1.54) is 31.4 Å². The predicted molar refractivity (Wildman–Crippen MR) is 118 cm³/mol. The Morgan fingerprint density at radius 1 is 1.17 bits per heavy atom. The first-order valence-electron chi connectivity index (χ1n) is 10.7. The van der Waals surface area contributed by atoms with Crippen molar-refractivity contribution in [2.75, 3.05) is 32.1 Å². The molecule has 1 unspecified atom stereocenters. The average Bonchev–Trinajstić information content (AvgIpc) is 2.76. The number of carbonyl (C=O) groups is 1. The van der Waals surface area contributed by atoms with Crippen LogP contribution in [-0.4, -0.2) is 48.6 Å². The molecule has 1 aliphatic rings. The number of likely N-dealkylation sites (tertiary alicyclic amines) is 1. The lowest BCUT2D eigenvalue weighted by Gasteiger charge is -2.34. The number of nitrogens with zero attached hydrogens (tertiary/aromatic N) is 2. The molecule has 1 N–H and O–H groups in total. The highest BCUT2D eigenvalue weighted by molar-refractivity contribution is 5.89. The average molecular weight is 414 g/mol. The normalized spacial score (nSPS) is 16.8. The Morgan fingerprint density at radius 3 is 2.57 bits per heavy atom. The van der Waals surface area contributed by atoms with Crippen LogP contribution >= 0.6 is 0 Å². The first-order chi connectivity index (χ1) is 14.5. The number of carbonyl (C=O) groups excluding carboxylic acids is 1. The molecule has 162 valence electrons. The van der Waals surface area contributed by atoms with Crippen LogP contribution in [0, 0.1) is 5.82 Å². The van der Waals surface area contributed by atoms with E-state index in [0.717, 1.165) is 36.5 Å². The summed E-state index contributed by atoms with van der Waals surface area (Å²) in [6.07, 6.45) is 4.71. The van der Waals surface area contributed by atoms with E-state index in [9.17, 15) is 9.18 Å². The zero-order chi connectivity index (χ0) is 21.3. The number of piperidine rings is 1. The van der Waals surface area contributed by atoms with Crippen LogP contribution in [0.15, 0.2) is 48.5 Å². The van der Waals surface area contributed by atoms with E-state index in [4.69, 9.17) is 4.74 Å². The van der Waals surface area contributed by atoms with Crippen LogP contribution in [0.1, 0.15) is 38.2 Å². The van der Waals surface area contributed by atoms with Gasteiger partial charge in [0.15, 0.2) is 0 Å². The van der Waals surface area contributed by atoms with Gasteiger partial charge in [-0.1, -0.05) is 18.6 Å². The Bertz CT molecular complexity index is 795. The van der Waals surface area contributed by atoms with Gasteiger partial charge in [-0.2, -0.15) is 0 Å². The number of methoxy groups -OCH3 is 1. The third-order valence-electron chi connectivity index (χ3n) is 5.73. The molecular formula is C24H32FN3O2. The number of nitrogens with one attached hydrogen (secondary N) is 1. The topological polar surface area (TPSA) is 44.8 Å². The van der Waals surface area contributed by atoms with Crippen LogP contribution in [0.25, 0.3) is 0 Å². The quantitative estimate of drug-likeness (QED) is 0.652. The highest BCUT2D eigenvalue weighted by Crippen LogP contribution is 2.18. The molecule has 1 aliphatic heterocycles. The molecule has 1 atom stereocenters. The van der Waals surface area contributed by atoms with E-state index in [1.54, 1.807) is 24.1 Å². The maximum absolute atomic E-state index is 13.3. The molecule has 1 fully saturated rings. The molecule has 1 heterocycles. The standard InChI is InChI=1S/C24H32FN3O2/c1-19-6-3-4-15-27(19)16-5-17-28(18-20-7-9-21(25)10-8-20)24(29)26-22-11-13-23(30-2)14-12-22/h7-14,19H,3-6,15-18H2,1-2H3,(H,26,29). The molecule has 0 radical (unpaired) electrons. The minimum atomic E-state index is -0.271. The summed E-state index contributed by atoms with van der Waals surface area (Å²) < 4.78 is 18.4. The molecule has 3 rings (SSSR count). The highest BCUT2D eigenvalue weighted by atomic mass is 19.1. The summed E-state index contributed by atoms with van der Waals surface area (Å²) in [6, 6.07) is 14.1. The minimum Gasteiger partial charge on any atom is -0.497 e. The summed E-state index contributed by atoms with van der Waals surface area (Å²) in [4.78, 5) is 17.3. The number of ether oxygens (including phenoxy) is 1. The van der Waals surface area contributed by atoms with Gasteiger partial charge in [-0.3, -0.25) is 0 Å². The van der Waals surface area contributed by atoms with Crippen LogP contribution < -0.4 is 10.1 Å². The molecule has 30 heavy (non-hydrogen) atoms. The monoisotopic (exact) mass is 413 g/mol. The Morgan fingerprint density at radius 2 is 1.90 bits per heavy atom. The van der Waals surface area contributed by atoms with E-state index >= 15 is 0 Å². The fraction of sp³-hybridized carbons (Fsp3) is 0.458. The fourth-order valence-electron chi connectivity index (χ4n) is 3.89. The van der Waals surface area contributed by atoms with E-state index in [1.807, 2.05) is 24.3 Å². The lowest BCUT2D eigenvalue weighted by Crippen LogP contribution is -2.40. The van der Waals surface area contributed by atoms with Crippen molar-refractivity contribution < 1.29 is 13.9 Å². The van der Waals surface area contributed by atoms with Crippen LogP contribution in [0.2, 0.25) is 0 Å². The maximum Gasteiger partial charge on any atom is 0.322 e. The van der Waals surface area contributed by atoms with Crippen molar-refractivity contribution in [2.24, 2.45) is 0 Å². The number of urea groups is 1. The molecule has 2 aromatic rings. The van der Waals surface area contributed by atoms with E-state index < -0.39 is 0 Å². The summed E-state index contributed by atoms with van der Waals surface area (Å²) in [5.41, 5.74) is 1.63.